The van der Waals surface area contributed by atoms with E-state index < -0.39 is 5.60 Å². The van der Waals surface area contributed by atoms with E-state index in [-0.39, 0.29) is 12.1 Å². The molecule has 0 saturated carbocycles. The third-order valence-corrected chi connectivity index (χ3v) is 5.14. The van der Waals surface area contributed by atoms with Crippen LogP contribution >= 0.6 is 11.3 Å². The molecule has 0 aliphatic carbocycles. The lowest BCUT2D eigenvalue weighted by molar-refractivity contribution is 0.00965. The topological polar surface area (TPSA) is 41.6 Å². The van der Waals surface area contributed by atoms with Crippen molar-refractivity contribution in [3.63, 3.8) is 0 Å². The Hall–Kier alpha value is -1.07. The Kier molecular flexibility index (Phi) is 6.48. The third kappa shape index (κ3) is 5.50. The summed E-state index contributed by atoms with van der Waals surface area (Å²) < 4.78 is 5.57. The average molecular weight is 339 g/mol. The molecule has 0 aromatic carbocycles. The molecule has 1 aromatic heterocycles. The van der Waals surface area contributed by atoms with E-state index in [4.69, 9.17) is 4.74 Å². The van der Waals surface area contributed by atoms with Gasteiger partial charge in [0.15, 0.2) is 0 Å². The van der Waals surface area contributed by atoms with Crippen molar-refractivity contribution in [2.45, 2.75) is 71.1 Å². The predicted octanol–water partition coefficient (Wildman–Crippen LogP) is 4.58. The molecule has 0 radical (unpaired) electrons. The monoisotopic (exact) mass is 338 g/mol. The highest BCUT2D eigenvalue weighted by Crippen LogP contribution is 2.24. The fourth-order valence-electron chi connectivity index (χ4n) is 2.99. The van der Waals surface area contributed by atoms with Crippen molar-refractivity contribution < 1.29 is 9.53 Å². The number of carbonyl (C=O) groups is 1. The molecular formula is C18H30N2O2S. The van der Waals surface area contributed by atoms with Crippen LogP contribution in [0.1, 0.15) is 64.3 Å². The summed E-state index contributed by atoms with van der Waals surface area (Å²) in [6, 6.07) is 4.88. The van der Waals surface area contributed by atoms with Gasteiger partial charge in [0.2, 0.25) is 0 Å². The SMILES string of the molecule is CCC(NCC1CCCCN1C(=O)OC(C)(C)C)c1cccs1. The Morgan fingerprint density at radius 3 is 2.87 bits per heavy atom. The molecule has 0 bridgehead atoms. The van der Waals surface area contributed by atoms with Gasteiger partial charge in [0, 0.05) is 30.1 Å². The van der Waals surface area contributed by atoms with Gasteiger partial charge in [-0.05, 0) is 57.9 Å². The van der Waals surface area contributed by atoms with Gasteiger partial charge in [0.25, 0.3) is 0 Å². The van der Waals surface area contributed by atoms with Gasteiger partial charge < -0.3 is 15.0 Å². The lowest BCUT2D eigenvalue weighted by Gasteiger charge is -2.37. The third-order valence-electron chi connectivity index (χ3n) is 4.15. The number of likely N-dealkylation sites (tertiary alicyclic amines) is 1. The van der Waals surface area contributed by atoms with E-state index >= 15 is 0 Å². The second kappa shape index (κ2) is 8.15. The number of hydrogen-bond acceptors (Lipinski definition) is 4. The summed E-state index contributed by atoms with van der Waals surface area (Å²) in [6.45, 7) is 9.60. The maximum absolute atomic E-state index is 12.4. The van der Waals surface area contributed by atoms with E-state index in [9.17, 15) is 4.79 Å². The van der Waals surface area contributed by atoms with E-state index in [1.165, 1.54) is 11.3 Å². The lowest BCUT2D eigenvalue weighted by Crippen LogP contribution is -2.50. The van der Waals surface area contributed by atoms with Gasteiger partial charge in [-0.2, -0.15) is 0 Å². The molecule has 1 N–H and O–H groups in total. The first-order valence-corrected chi connectivity index (χ1v) is 9.55. The van der Waals surface area contributed by atoms with Gasteiger partial charge >= 0.3 is 6.09 Å². The van der Waals surface area contributed by atoms with E-state index in [2.05, 4.69) is 29.8 Å². The van der Waals surface area contributed by atoms with Crippen molar-refractivity contribution in [2.75, 3.05) is 13.1 Å². The van der Waals surface area contributed by atoms with Crippen molar-refractivity contribution in [1.29, 1.82) is 0 Å². The maximum Gasteiger partial charge on any atom is 0.410 e. The molecule has 1 saturated heterocycles. The Labute approximate surface area is 144 Å². The summed E-state index contributed by atoms with van der Waals surface area (Å²) in [7, 11) is 0. The van der Waals surface area contributed by atoms with Crippen LogP contribution in [0.25, 0.3) is 0 Å². The van der Waals surface area contributed by atoms with Crippen LogP contribution in [0.15, 0.2) is 17.5 Å². The molecule has 130 valence electrons. The standard InChI is InChI=1S/C18H30N2O2S/c1-5-15(16-10-8-12-23-16)19-13-14-9-6-7-11-20(14)17(21)22-18(2,3)4/h8,10,12,14-15,19H,5-7,9,11,13H2,1-4H3. The molecule has 4 nitrogen and oxygen atoms in total. The van der Waals surface area contributed by atoms with E-state index in [1.54, 1.807) is 11.3 Å². The highest BCUT2D eigenvalue weighted by Gasteiger charge is 2.30. The fourth-order valence-corrected chi connectivity index (χ4v) is 3.87. The summed E-state index contributed by atoms with van der Waals surface area (Å²) in [5, 5.41) is 5.77. The second-order valence-electron chi connectivity index (χ2n) is 7.21. The van der Waals surface area contributed by atoms with E-state index in [0.29, 0.717) is 6.04 Å². The molecule has 1 aliphatic rings. The van der Waals surface area contributed by atoms with E-state index in [1.807, 2.05) is 25.7 Å². The molecule has 2 heterocycles. The highest BCUT2D eigenvalue weighted by molar-refractivity contribution is 7.10. The molecule has 23 heavy (non-hydrogen) atoms. The van der Waals surface area contributed by atoms with Gasteiger partial charge in [-0.25, -0.2) is 4.79 Å². The number of thiophene rings is 1. The van der Waals surface area contributed by atoms with Crippen LogP contribution in [-0.4, -0.2) is 35.7 Å². The minimum atomic E-state index is -0.435. The quantitative estimate of drug-likeness (QED) is 0.854. The summed E-state index contributed by atoms with van der Waals surface area (Å²) in [5.74, 6) is 0. The van der Waals surface area contributed by atoms with Crippen molar-refractivity contribution >= 4 is 17.4 Å². The van der Waals surface area contributed by atoms with Gasteiger partial charge in [-0.15, -0.1) is 11.3 Å². The number of amides is 1. The van der Waals surface area contributed by atoms with Crippen molar-refractivity contribution in [2.24, 2.45) is 0 Å². The molecule has 0 spiro atoms. The molecule has 2 atom stereocenters. The summed E-state index contributed by atoms with van der Waals surface area (Å²) >= 11 is 1.79. The number of nitrogens with zero attached hydrogens (tertiary/aromatic N) is 1. The summed E-state index contributed by atoms with van der Waals surface area (Å²) in [6.07, 6.45) is 4.18. The molecule has 2 rings (SSSR count). The van der Waals surface area contributed by atoms with Crippen LogP contribution < -0.4 is 5.32 Å². The van der Waals surface area contributed by atoms with Crippen LogP contribution in [0.5, 0.6) is 0 Å². The zero-order valence-corrected chi connectivity index (χ0v) is 15.6. The number of piperidine rings is 1. The Morgan fingerprint density at radius 1 is 1.48 bits per heavy atom. The van der Waals surface area contributed by atoms with Gasteiger partial charge in [-0.3, -0.25) is 0 Å². The lowest BCUT2D eigenvalue weighted by atomic mass is 10.0. The normalized spacial score (nSPS) is 20.3. The zero-order chi connectivity index (χ0) is 16.9. The van der Waals surface area contributed by atoms with Gasteiger partial charge in [-0.1, -0.05) is 13.0 Å². The minimum absolute atomic E-state index is 0.173. The smallest absolute Gasteiger partial charge is 0.410 e. The van der Waals surface area contributed by atoms with Gasteiger partial charge in [0.1, 0.15) is 5.60 Å². The number of carbonyl (C=O) groups excluding carboxylic acids is 1. The zero-order valence-electron chi connectivity index (χ0n) is 14.8. The molecule has 5 heteroatoms. The molecule has 2 unspecified atom stereocenters. The van der Waals surface area contributed by atoms with Gasteiger partial charge in [0.05, 0.1) is 0 Å². The summed E-state index contributed by atoms with van der Waals surface area (Å²) in [5.41, 5.74) is -0.435. The largest absolute Gasteiger partial charge is 0.444 e. The van der Waals surface area contributed by atoms with Crippen LogP contribution in [0.3, 0.4) is 0 Å². The Bertz CT molecular complexity index is 482. The van der Waals surface area contributed by atoms with Crippen molar-refractivity contribution in [3.05, 3.63) is 22.4 Å². The Balaban J connectivity index is 1.94. The van der Waals surface area contributed by atoms with Crippen LogP contribution in [0.4, 0.5) is 4.79 Å². The number of rotatable bonds is 5. The Morgan fingerprint density at radius 2 is 2.26 bits per heavy atom. The minimum Gasteiger partial charge on any atom is -0.444 e. The number of ether oxygens (including phenoxy) is 1. The van der Waals surface area contributed by atoms with Crippen LogP contribution in [0, 0.1) is 0 Å². The molecule has 1 aliphatic heterocycles. The average Bonchev–Trinajstić information content (AvgIpc) is 3.01. The first kappa shape index (κ1) is 18.3. The number of hydrogen-bond donors (Lipinski definition) is 1. The molecular weight excluding hydrogens is 308 g/mol. The van der Waals surface area contributed by atoms with E-state index in [0.717, 1.165) is 32.4 Å². The van der Waals surface area contributed by atoms with Crippen molar-refractivity contribution in [1.82, 2.24) is 10.2 Å². The van der Waals surface area contributed by atoms with Crippen molar-refractivity contribution in [3.8, 4) is 0 Å². The van der Waals surface area contributed by atoms with Crippen LogP contribution in [0.2, 0.25) is 0 Å². The molecule has 1 aromatic rings. The summed E-state index contributed by atoms with van der Waals surface area (Å²) in [4.78, 5) is 15.7. The first-order chi connectivity index (χ1) is 10.9. The molecule has 1 fully saturated rings. The second-order valence-corrected chi connectivity index (χ2v) is 8.19. The maximum atomic E-state index is 12.4. The van der Waals surface area contributed by atoms with Crippen LogP contribution in [-0.2, 0) is 4.74 Å². The number of nitrogens with one attached hydrogen (secondary N) is 1. The molecule has 1 amide bonds. The predicted molar refractivity (Wildman–Crippen MR) is 95.9 cm³/mol. The fraction of sp³-hybridized carbons (Fsp3) is 0.722. The first-order valence-electron chi connectivity index (χ1n) is 8.67. The highest BCUT2D eigenvalue weighted by atomic mass is 32.1.